The first-order chi connectivity index (χ1) is 6.52. The molecule has 0 spiro atoms. The Morgan fingerprint density at radius 2 is 2.21 bits per heavy atom. The van der Waals surface area contributed by atoms with Crippen molar-refractivity contribution < 1.29 is 4.79 Å². The van der Waals surface area contributed by atoms with Crippen LogP contribution >= 0.6 is 0 Å². The molecule has 0 aromatic carbocycles. The molecule has 1 rings (SSSR count). The third-order valence-corrected chi connectivity index (χ3v) is 2.22. The summed E-state index contributed by atoms with van der Waals surface area (Å²) >= 11 is 0. The van der Waals surface area contributed by atoms with Gasteiger partial charge in [0.1, 0.15) is 5.82 Å². The van der Waals surface area contributed by atoms with E-state index >= 15 is 0 Å². The molecule has 1 atom stereocenters. The van der Waals surface area contributed by atoms with E-state index in [1.165, 1.54) is 0 Å². The second-order valence-corrected chi connectivity index (χ2v) is 3.90. The maximum Gasteiger partial charge on any atom is 0.222 e. The second-order valence-electron chi connectivity index (χ2n) is 3.90. The highest BCUT2D eigenvalue weighted by atomic mass is 16.1. The van der Waals surface area contributed by atoms with Gasteiger partial charge in [-0.1, -0.05) is 20.8 Å². The maximum atomic E-state index is 10.9. The number of imidazole rings is 1. The van der Waals surface area contributed by atoms with Crippen LogP contribution in [-0.2, 0) is 11.3 Å². The fourth-order valence-electron chi connectivity index (χ4n) is 1.36. The maximum absolute atomic E-state index is 10.9. The Hall–Kier alpha value is -1.32. The van der Waals surface area contributed by atoms with Gasteiger partial charge in [0.15, 0.2) is 0 Å². The van der Waals surface area contributed by atoms with Gasteiger partial charge in [-0.2, -0.15) is 0 Å². The molecule has 0 aliphatic heterocycles. The second kappa shape index (κ2) is 4.26. The van der Waals surface area contributed by atoms with Crippen molar-refractivity contribution in [1.29, 1.82) is 0 Å². The number of carbonyl (C=O) groups is 1. The van der Waals surface area contributed by atoms with Crippen LogP contribution in [0.15, 0.2) is 12.4 Å². The third kappa shape index (κ3) is 2.34. The minimum atomic E-state index is -0.270. The summed E-state index contributed by atoms with van der Waals surface area (Å²) in [7, 11) is 0. The number of hydrogen-bond donors (Lipinski definition) is 1. The first kappa shape index (κ1) is 10.8. The summed E-state index contributed by atoms with van der Waals surface area (Å²) in [6, 6.07) is 0. The molecule has 0 saturated carbocycles. The lowest BCUT2D eigenvalue weighted by atomic mass is 10.1. The first-order valence-corrected chi connectivity index (χ1v) is 4.82. The van der Waals surface area contributed by atoms with Crippen LogP contribution in [0.5, 0.6) is 0 Å². The summed E-state index contributed by atoms with van der Waals surface area (Å²) in [5, 5.41) is 0. The van der Waals surface area contributed by atoms with Gasteiger partial charge in [0.2, 0.25) is 5.91 Å². The average Bonchev–Trinajstić information content (AvgIpc) is 2.52. The quantitative estimate of drug-likeness (QED) is 0.782. The summed E-state index contributed by atoms with van der Waals surface area (Å²) in [4.78, 5) is 15.1. The van der Waals surface area contributed by atoms with Crippen LogP contribution < -0.4 is 5.73 Å². The lowest BCUT2D eigenvalue weighted by Gasteiger charge is -2.13. The Balaban J connectivity index is 2.76. The third-order valence-electron chi connectivity index (χ3n) is 2.22. The summed E-state index contributed by atoms with van der Waals surface area (Å²) in [6.45, 7) is 6.59. The van der Waals surface area contributed by atoms with Gasteiger partial charge in [0.05, 0.1) is 5.92 Å². The van der Waals surface area contributed by atoms with E-state index in [0.717, 1.165) is 5.82 Å². The molecular weight excluding hydrogens is 178 g/mol. The number of carbonyl (C=O) groups excluding carboxylic acids is 1. The molecule has 0 aliphatic rings. The van der Waals surface area contributed by atoms with E-state index in [4.69, 9.17) is 5.73 Å². The molecule has 78 valence electrons. The minimum absolute atomic E-state index is 0.151. The Labute approximate surface area is 84.1 Å². The molecule has 0 aliphatic carbocycles. The highest BCUT2D eigenvalue weighted by molar-refractivity contribution is 5.76. The van der Waals surface area contributed by atoms with E-state index in [1.807, 2.05) is 17.7 Å². The van der Waals surface area contributed by atoms with Crippen molar-refractivity contribution in [3.8, 4) is 0 Å². The monoisotopic (exact) mass is 195 g/mol. The van der Waals surface area contributed by atoms with Crippen LogP contribution in [0.4, 0.5) is 0 Å². The van der Waals surface area contributed by atoms with Crippen molar-refractivity contribution >= 4 is 5.91 Å². The molecule has 1 unspecified atom stereocenters. The Morgan fingerprint density at radius 3 is 2.71 bits per heavy atom. The van der Waals surface area contributed by atoms with Gasteiger partial charge >= 0.3 is 0 Å². The zero-order valence-electron chi connectivity index (χ0n) is 8.90. The van der Waals surface area contributed by atoms with Crippen LogP contribution in [0.1, 0.15) is 32.5 Å². The van der Waals surface area contributed by atoms with Crippen molar-refractivity contribution in [2.24, 2.45) is 11.7 Å². The van der Waals surface area contributed by atoms with Gasteiger partial charge in [-0.15, -0.1) is 0 Å². The highest BCUT2D eigenvalue weighted by Crippen LogP contribution is 2.13. The number of amides is 1. The summed E-state index contributed by atoms with van der Waals surface area (Å²) < 4.78 is 1.99. The predicted octanol–water partition coefficient (Wildman–Crippen LogP) is 1.13. The largest absolute Gasteiger partial charge is 0.369 e. The fraction of sp³-hybridized carbons (Fsp3) is 0.600. The van der Waals surface area contributed by atoms with Gasteiger partial charge < -0.3 is 10.3 Å². The first-order valence-electron chi connectivity index (χ1n) is 4.82. The van der Waals surface area contributed by atoms with Crippen LogP contribution in [0.25, 0.3) is 0 Å². The molecule has 1 amide bonds. The number of aromatic nitrogens is 2. The standard InChI is InChI=1S/C10H17N3O/c1-7(2)10-12-4-5-13(10)6-8(3)9(11)14/h4-5,7-8H,6H2,1-3H3,(H2,11,14). The zero-order chi connectivity index (χ0) is 10.7. The molecule has 2 N–H and O–H groups in total. The topological polar surface area (TPSA) is 60.9 Å². The van der Waals surface area contributed by atoms with Gasteiger partial charge in [-0.05, 0) is 0 Å². The number of nitrogens with two attached hydrogens (primary N) is 1. The molecule has 0 bridgehead atoms. The van der Waals surface area contributed by atoms with E-state index < -0.39 is 0 Å². The molecule has 1 aromatic heterocycles. The normalized spacial score (nSPS) is 13.1. The van der Waals surface area contributed by atoms with Gasteiger partial charge in [-0.25, -0.2) is 4.98 Å². The molecule has 1 heterocycles. The minimum Gasteiger partial charge on any atom is -0.369 e. The number of nitrogens with zero attached hydrogens (tertiary/aromatic N) is 2. The summed E-state index contributed by atoms with van der Waals surface area (Å²) in [6.07, 6.45) is 3.64. The van der Waals surface area contributed by atoms with Crippen molar-refractivity contribution in [1.82, 2.24) is 9.55 Å². The van der Waals surface area contributed by atoms with Crippen LogP contribution in [-0.4, -0.2) is 15.5 Å². The van der Waals surface area contributed by atoms with Crippen molar-refractivity contribution in [3.63, 3.8) is 0 Å². The number of hydrogen-bond acceptors (Lipinski definition) is 2. The van der Waals surface area contributed by atoms with Gasteiger partial charge in [0.25, 0.3) is 0 Å². The smallest absolute Gasteiger partial charge is 0.222 e. The number of rotatable bonds is 4. The Bertz CT molecular complexity index is 317. The molecule has 14 heavy (non-hydrogen) atoms. The van der Waals surface area contributed by atoms with Crippen molar-refractivity contribution in [2.75, 3.05) is 0 Å². The van der Waals surface area contributed by atoms with Crippen molar-refractivity contribution in [3.05, 3.63) is 18.2 Å². The number of primary amides is 1. The van der Waals surface area contributed by atoms with E-state index in [9.17, 15) is 4.79 Å². The summed E-state index contributed by atoms with van der Waals surface area (Å²) in [5.41, 5.74) is 5.21. The molecule has 0 radical (unpaired) electrons. The molecule has 1 aromatic rings. The molecule has 0 fully saturated rings. The van der Waals surface area contributed by atoms with E-state index in [0.29, 0.717) is 12.5 Å². The SMILES string of the molecule is CC(Cn1ccnc1C(C)C)C(N)=O. The predicted molar refractivity (Wildman–Crippen MR) is 54.7 cm³/mol. The molecule has 4 nitrogen and oxygen atoms in total. The van der Waals surface area contributed by atoms with Gasteiger partial charge in [-0.3, -0.25) is 4.79 Å². The van der Waals surface area contributed by atoms with Gasteiger partial charge in [0, 0.05) is 24.9 Å². The van der Waals surface area contributed by atoms with E-state index in [2.05, 4.69) is 18.8 Å². The molecular formula is C10H17N3O. The van der Waals surface area contributed by atoms with Crippen LogP contribution in [0, 0.1) is 5.92 Å². The van der Waals surface area contributed by atoms with E-state index in [1.54, 1.807) is 6.20 Å². The zero-order valence-corrected chi connectivity index (χ0v) is 8.90. The molecule has 4 heteroatoms. The Morgan fingerprint density at radius 1 is 1.57 bits per heavy atom. The molecule has 0 saturated heterocycles. The highest BCUT2D eigenvalue weighted by Gasteiger charge is 2.13. The van der Waals surface area contributed by atoms with E-state index in [-0.39, 0.29) is 11.8 Å². The fourth-order valence-corrected chi connectivity index (χ4v) is 1.36. The lowest BCUT2D eigenvalue weighted by Crippen LogP contribution is -2.25. The summed E-state index contributed by atoms with van der Waals surface area (Å²) in [5.74, 6) is 0.943. The lowest BCUT2D eigenvalue weighted by molar-refractivity contribution is -0.121. The van der Waals surface area contributed by atoms with Crippen LogP contribution in [0.3, 0.4) is 0 Å². The van der Waals surface area contributed by atoms with Crippen LogP contribution in [0.2, 0.25) is 0 Å². The average molecular weight is 195 g/mol. The van der Waals surface area contributed by atoms with Crippen molar-refractivity contribution in [2.45, 2.75) is 33.2 Å². The Kier molecular flexibility index (Phi) is 3.28.